The standard InChI is InChI=1S/C16H15NO3/c1-16(2)10-6-4-5-7-11(10)17(3)12(16)8-9-13(18)15(20)14(9)19/h4-8,18H,1-3H3/b12-8+. The molecule has 0 atom stereocenters. The molecule has 1 N–H and O–H groups in total. The molecule has 0 saturated heterocycles. The number of hydrogen-bond acceptors (Lipinski definition) is 4. The summed E-state index contributed by atoms with van der Waals surface area (Å²) in [7, 11) is 1.92. The van der Waals surface area contributed by atoms with Crippen LogP contribution < -0.4 is 15.8 Å². The Kier molecular flexibility index (Phi) is 2.42. The van der Waals surface area contributed by atoms with Crippen molar-refractivity contribution in [2.45, 2.75) is 19.3 Å². The van der Waals surface area contributed by atoms with Gasteiger partial charge in [-0.15, -0.1) is 0 Å². The first-order valence-corrected chi connectivity index (χ1v) is 6.43. The van der Waals surface area contributed by atoms with Crippen molar-refractivity contribution in [2.75, 3.05) is 11.9 Å². The first kappa shape index (κ1) is 12.7. The van der Waals surface area contributed by atoms with E-state index in [1.54, 1.807) is 6.08 Å². The highest BCUT2D eigenvalue weighted by Gasteiger charge is 2.38. The summed E-state index contributed by atoms with van der Waals surface area (Å²) < 4.78 is 0. The van der Waals surface area contributed by atoms with Gasteiger partial charge in [-0.05, 0) is 17.7 Å². The molecule has 4 heteroatoms. The summed E-state index contributed by atoms with van der Waals surface area (Å²) in [5.74, 6) is -0.428. The van der Waals surface area contributed by atoms with E-state index in [2.05, 4.69) is 19.9 Å². The zero-order chi connectivity index (χ0) is 14.7. The fraction of sp³-hybridized carbons (Fsp3) is 0.250. The largest absolute Gasteiger partial charge is 0.504 e. The smallest absolute Gasteiger partial charge is 0.268 e. The van der Waals surface area contributed by atoms with Gasteiger partial charge in [-0.1, -0.05) is 32.0 Å². The minimum absolute atomic E-state index is 0.109. The lowest BCUT2D eigenvalue weighted by atomic mass is 9.83. The van der Waals surface area contributed by atoms with Crippen LogP contribution in [0.25, 0.3) is 6.08 Å². The minimum Gasteiger partial charge on any atom is -0.504 e. The minimum atomic E-state index is -0.798. The van der Waals surface area contributed by atoms with Gasteiger partial charge < -0.3 is 10.0 Å². The van der Waals surface area contributed by atoms with Gasteiger partial charge in [0.15, 0.2) is 5.75 Å². The van der Waals surface area contributed by atoms with Crippen molar-refractivity contribution in [3.63, 3.8) is 0 Å². The Bertz CT molecular complexity index is 807. The van der Waals surface area contributed by atoms with Crippen molar-refractivity contribution >= 4 is 11.8 Å². The number of anilines is 1. The van der Waals surface area contributed by atoms with Gasteiger partial charge in [0.2, 0.25) is 5.43 Å². The van der Waals surface area contributed by atoms with Crippen molar-refractivity contribution in [3.05, 3.63) is 61.5 Å². The number of aromatic hydroxyl groups is 1. The van der Waals surface area contributed by atoms with E-state index in [9.17, 15) is 14.7 Å². The summed E-state index contributed by atoms with van der Waals surface area (Å²) in [5, 5.41) is 9.53. The zero-order valence-corrected chi connectivity index (χ0v) is 11.6. The highest BCUT2D eigenvalue weighted by molar-refractivity contribution is 5.77. The predicted molar refractivity (Wildman–Crippen MR) is 78.9 cm³/mol. The van der Waals surface area contributed by atoms with Gasteiger partial charge in [0.05, 0.1) is 5.56 Å². The molecule has 0 amide bonds. The van der Waals surface area contributed by atoms with Crippen LogP contribution in [0.3, 0.4) is 0 Å². The first-order chi connectivity index (χ1) is 9.35. The average molecular weight is 269 g/mol. The van der Waals surface area contributed by atoms with Gasteiger partial charge in [0, 0.05) is 23.8 Å². The molecule has 0 saturated carbocycles. The number of para-hydroxylation sites is 1. The summed E-state index contributed by atoms with van der Waals surface area (Å²) in [4.78, 5) is 24.6. The summed E-state index contributed by atoms with van der Waals surface area (Å²) in [5.41, 5.74) is 1.54. The van der Waals surface area contributed by atoms with E-state index in [0.717, 1.165) is 16.9 Å². The van der Waals surface area contributed by atoms with Crippen LogP contribution >= 0.6 is 0 Å². The highest BCUT2D eigenvalue weighted by atomic mass is 16.3. The van der Waals surface area contributed by atoms with Crippen molar-refractivity contribution in [2.24, 2.45) is 0 Å². The molecule has 1 aliphatic rings. The molecule has 20 heavy (non-hydrogen) atoms. The van der Waals surface area contributed by atoms with Gasteiger partial charge in [-0.25, -0.2) is 0 Å². The Balaban J connectivity index is 2.18. The first-order valence-electron chi connectivity index (χ1n) is 6.43. The quantitative estimate of drug-likeness (QED) is 0.801. The van der Waals surface area contributed by atoms with Crippen LogP contribution in [0.1, 0.15) is 25.0 Å². The molecule has 3 rings (SSSR count). The van der Waals surface area contributed by atoms with Gasteiger partial charge in [-0.3, -0.25) is 9.59 Å². The molecule has 1 heterocycles. The molecule has 2 aromatic carbocycles. The molecular formula is C16H15NO3. The average Bonchev–Trinajstić information content (AvgIpc) is 2.64. The number of likely N-dealkylation sites (N-methyl/N-ethyl adjacent to an activating group) is 1. The van der Waals surface area contributed by atoms with Gasteiger partial charge in [0.1, 0.15) is 0 Å². The lowest BCUT2D eigenvalue weighted by Crippen LogP contribution is -2.33. The number of benzene rings is 1. The third-order valence-corrected chi connectivity index (χ3v) is 4.14. The van der Waals surface area contributed by atoms with Crippen LogP contribution in [0.4, 0.5) is 5.69 Å². The second kappa shape index (κ2) is 3.82. The van der Waals surface area contributed by atoms with Crippen LogP contribution in [0.5, 0.6) is 5.75 Å². The molecule has 0 spiro atoms. The Labute approximate surface area is 116 Å². The Hall–Kier alpha value is -2.36. The summed E-state index contributed by atoms with van der Waals surface area (Å²) in [6, 6.07) is 8.00. The van der Waals surface area contributed by atoms with E-state index < -0.39 is 16.6 Å². The van der Waals surface area contributed by atoms with Crippen molar-refractivity contribution in [1.82, 2.24) is 0 Å². The number of fused-ring (bicyclic) bond motifs is 1. The van der Waals surface area contributed by atoms with E-state index in [0.29, 0.717) is 0 Å². The normalized spacial score (nSPS) is 18.8. The number of nitrogens with zero attached hydrogens (tertiary/aromatic N) is 1. The summed E-state index contributed by atoms with van der Waals surface area (Å²) >= 11 is 0. The van der Waals surface area contributed by atoms with E-state index in [1.807, 2.05) is 30.1 Å². The molecule has 4 nitrogen and oxygen atoms in total. The maximum absolute atomic E-state index is 11.5. The second-order valence-corrected chi connectivity index (χ2v) is 5.65. The Morgan fingerprint density at radius 1 is 1.15 bits per heavy atom. The molecule has 0 radical (unpaired) electrons. The Morgan fingerprint density at radius 2 is 1.80 bits per heavy atom. The molecular weight excluding hydrogens is 254 g/mol. The van der Waals surface area contributed by atoms with E-state index >= 15 is 0 Å². The molecule has 0 unspecified atom stereocenters. The lowest BCUT2D eigenvalue weighted by molar-refractivity contribution is 0.461. The molecule has 0 fully saturated rings. The van der Waals surface area contributed by atoms with Crippen LogP contribution in [0.15, 0.2) is 39.6 Å². The predicted octanol–water partition coefficient (Wildman–Crippen LogP) is 1.76. The van der Waals surface area contributed by atoms with E-state index in [-0.39, 0.29) is 11.0 Å². The molecule has 1 aliphatic heterocycles. The highest BCUT2D eigenvalue weighted by Crippen LogP contribution is 2.47. The maximum atomic E-state index is 11.5. The van der Waals surface area contributed by atoms with Crippen LogP contribution in [-0.2, 0) is 5.41 Å². The molecule has 0 aromatic heterocycles. The number of hydrogen-bond donors (Lipinski definition) is 1. The van der Waals surface area contributed by atoms with Gasteiger partial charge >= 0.3 is 0 Å². The van der Waals surface area contributed by atoms with Crippen LogP contribution in [-0.4, -0.2) is 12.2 Å². The summed E-state index contributed by atoms with van der Waals surface area (Å²) in [6.45, 7) is 4.12. The molecule has 2 aromatic rings. The lowest BCUT2D eigenvalue weighted by Gasteiger charge is -2.24. The topological polar surface area (TPSA) is 57.6 Å². The van der Waals surface area contributed by atoms with E-state index in [1.165, 1.54) is 0 Å². The fourth-order valence-electron chi connectivity index (χ4n) is 2.93. The van der Waals surface area contributed by atoms with Crippen molar-refractivity contribution < 1.29 is 5.11 Å². The molecule has 102 valence electrons. The number of rotatable bonds is 1. The van der Waals surface area contributed by atoms with Gasteiger partial charge in [0.25, 0.3) is 5.43 Å². The number of allylic oxidation sites excluding steroid dienone is 1. The van der Waals surface area contributed by atoms with Crippen LogP contribution in [0.2, 0.25) is 0 Å². The summed E-state index contributed by atoms with van der Waals surface area (Å²) in [6.07, 6.45) is 1.62. The monoisotopic (exact) mass is 269 g/mol. The third-order valence-electron chi connectivity index (χ3n) is 4.14. The molecule has 0 bridgehead atoms. The van der Waals surface area contributed by atoms with Crippen molar-refractivity contribution in [1.29, 1.82) is 0 Å². The zero-order valence-electron chi connectivity index (χ0n) is 11.6. The van der Waals surface area contributed by atoms with Crippen LogP contribution in [0, 0.1) is 0 Å². The van der Waals surface area contributed by atoms with Gasteiger partial charge in [-0.2, -0.15) is 0 Å². The second-order valence-electron chi connectivity index (χ2n) is 5.65. The fourth-order valence-corrected chi connectivity index (χ4v) is 2.93. The molecule has 0 aliphatic carbocycles. The Morgan fingerprint density at radius 3 is 2.40 bits per heavy atom. The maximum Gasteiger partial charge on any atom is 0.268 e. The third kappa shape index (κ3) is 1.42. The van der Waals surface area contributed by atoms with Crippen molar-refractivity contribution in [3.8, 4) is 5.75 Å². The SMILES string of the molecule is CN1/C(=C/c2c(O)c(=O)c2=O)C(C)(C)c2ccccc21. The van der Waals surface area contributed by atoms with E-state index in [4.69, 9.17) is 0 Å².